The van der Waals surface area contributed by atoms with Crippen molar-refractivity contribution in [1.29, 1.82) is 0 Å². The Morgan fingerprint density at radius 1 is 0.923 bits per heavy atom. The first kappa shape index (κ1) is 17.5. The monoisotopic (exact) mass is 351 g/mol. The average Bonchev–Trinajstić information content (AvgIpc) is 2.66. The summed E-state index contributed by atoms with van der Waals surface area (Å²) >= 11 is 0. The summed E-state index contributed by atoms with van der Waals surface area (Å²) in [5, 5.41) is 0. The van der Waals surface area contributed by atoms with E-state index in [9.17, 15) is 9.18 Å². The molecule has 0 aliphatic rings. The molecule has 0 heterocycles. The third-order valence-electron chi connectivity index (χ3n) is 3.83. The van der Waals surface area contributed by atoms with Crippen LogP contribution in [-0.2, 0) is 11.3 Å². The lowest BCUT2D eigenvalue weighted by Gasteiger charge is -2.18. The van der Waals surface area contributed by atoms with Crippen LogP contribution >= 0.6 is 0 Å². The number of halogens is 1. The van der Waals surface area contributed by atoms with E-state index in [1.54, 1.807) is 30.3 Å². The van der Waals surface area contributed by atoms with Gasteiger partial charge in [-0.15, -0.1) is 0 Å². The Kier molecular flexibility index (Phi) is 5.49. The highest BCUT2D eigenvalue weighted by molar-refractivity contribution is 5.65. The van der Waals surface area contributed by atoms with Crippen LogP contribution in [0.25, 0.3) is 0 Å². The first-order valence-electron chi connectivity index (χ1n) is 8.10. The van der Waals surface area contributed by atoms with E-state index in [-0.39, 0.29) is 12.4 Å². The first-order valence-corrected chi connectivity index (χ1v) is 8.10. The van der Waals surface area contributed by atoms with Crippen LogP contribution in [0.5, 0.6) is 5.75 Å². The topological polar surface area (TPSA) is 61.6 Å². The molecule has 1 atom stereocenters. The van der Waals surface area contributed by atoms with Crippen molar-refractivity contribution < 1.29 is 18.7 Å². The minimum Gasteiger partial charge on any atom is -0.486 e. The van der Waals surface area contributed by atoms with Crippen LogP contribution in [-0.4, -0.2) is 6.09 Å². The third kappa shape index (κ3) is 4.39. The van der Waals surface area contributed by atoms with Crippen molar-refractivity contribution in [3.63, 3.8) is 0 Å². The van der Waals surface area contributed by atoms with Gasteiger partial charge in [-0.25, -0.2) is 9.18 Å². The van der Waals surface area contributed by atoms with Crippen molar-refractivity contribution in [2.45, 2.75) is 12.7 Å². The highest BCUT2D eigenvalue weighted by Crippen LogP contribution is 2.29. The van der Waals surface area contributed by atoms with E-state index in [1.165, 1.54) is 12.1 Å². The number of ether oxygens (including phenoxy) is 2. The van der Waals surface area contributed by atoms with Crippen molar-refractivity contribution in [3.05, 3.63) is 101 Å². The molecule has 0 aliphatic carbocycles. The molecule has 1 amide bonds. The van der Waals surface area contributed by atoms with Crippen molar-refractivity contribution in [2.75, 3.05) is 0 Å². The maximum Gasteiger partial charge on any atom is 0.405 e. The van der Waals surface area contributed by atoms with Gasteiger partial charge in [-0.1, -0.05) is 66.7 Å². The van der Waals surface area contributed by atoms with E-state index >= 15 is 0 Å². The Morgan fingerprint density at radius 2 is 1.58 bits per heavy atom. The molecule has 0 bridgehead atoms. The molecule has 3 aromatic carbocycles. The SMILES string of the molecule is NC(=O)OC(c1ccccc1)c1ccc(OCc2ccccc2)c(F)c1. The van der Waals surface area contributed by atoms with Crippen LogP contribution in [0.3, 0.4) is 0 Å². The molecule has 132 valence electrons. The minimum absolute atomic E-state index is 0.128. The molecule has 0 saturated carbocycles. The van der Waals surface area contributed by atoms with Crippen LogP contribution in [0.2, 0.25) is 0 Å². The highest BCUT2D eigenvalue weighted by atomic mass is 19.1. The molecule has 2 N–H and O–H groups in total. The Balaban J connectivity index is 1.81. The van der Waals surface area contributed by atoms with E-state index in [1.807, 2.05) is 36.4 Å². The fourth-order valence-corrected chi connectivity index (χ4v) is 2.61. The summed E-state index contributed by atoms with van der Waals surface area (Å²) in [6, 6.07) is 23.0. The number of benzene rings is 3. The van der Waals surface area contributed by atoms with Gasteiger partial charge in [-0.2, -0.15) is 0 Å². The Bertz CT molecular complexity index is 869. The van der Waals surface area contributed by atoms with Crippen LogP contribution < -0.4 is 10.5 Å². The van der Waals surface area contributed by atoms with E-state index < -0.39 is 18.0 Å². The zero-order chi connectivity index (χ0) is 18.4. The Hall–Kier alpha value is -3.34. The van der Waals surface area contributed by atoms with Crippen LogP contribution in [0.1, 0.15) is 22.8 Å². The van der Waals surface area contributed by atoms with Gasteiger partial charge in [0.25, 0.3) is 0 Å². The molecule has 3 aromatic rings. The summed E-state index contributed by atoms with van der Waals surface area (Å²) < 4.78 is 25.2. The van der Waals surface area contributed by atoms with Crippen molar-refractivity contribution >= 4 is 6.09 Å². The normalized spacial score (nSPS) is 11.6. The van der Waals surface area contributed by atoms with Crippen LogP contribution in [0.15, 0.2) is 78.9 Å². The number of amides is 1. The summed E-state index contributed by atoms with van der Waals surface area (Å²) in [7, 11) is 0. The molecule has 0 saturated heterocycles. The van der Waals surface area contributed by atoms with Gasteiger partial charge in [0.15, 0.2) is 17.7 Å². The highest BCUT2D eigenvalue weighted by Gasteiger charge is 2.19. The van der Waals surface area contributed by atoms with Crippen molar-refractivity contribution in [3.8, 4) is 5.75 Å². The quantitative estimate of drug-likeness (QED) is 0.706. The molecule has 1 unspecified atom stereocenters. The molecule has 0 aliphatic heterocycles. The summed E-state index contributed by atoms with van der Waals surface area (Å²) in [4.78, 5) is 11.2. The fourth-order valence-electron chi connectivity index (χ4n) is 2.61. The lowest BCUT2D eigenvalue weighted by molar-refractivity contribution is 0.126. The molecule has 5 heteroatoms. The molecule has 0 radical (unpaired) electrons. The van der Waals surface area contributed by atoms with Gasteiger partial charge in [0, 0.05) is 5.56 Å². The van der Waals surface area contributed by atoms with E-state index in [2.05, 4.69) is 0 Å². The largest absolute Gasteiger partial charge is 0.486 e. The first-order chi connectivity index (χ1) is 12.6. The summed E-state index contributed by atoms with van der Waals surface area (Å²) in [5.74, 6) is -0.407. The zero-order valence-electron chi connectivity index (χ0n) is 14.0. The van der Waals surface area contributed by atoms with E-state index in [0.29, 0.717) is 11.1 Å². The summed E-state index contributed by atoms with van der Waals surface area (Å²) in [6.07, 6.45) is -1.71. The summed E-state index contributed by atoms with van der Waals surface area (Å²) in [6.45, 7) is 0.261. The number of rotatable bonds is 6. The number of carbonyl (C=O) groups is 1. The minimum atomic E-state index is -0.927. The maximum atomic E-state index is 14.5. The number of hydrogen-bond acceptors (Lipinski definition) is 3. The molecular formula is C21H18FNO3. The lowest BCUT2D eigenvalue weighted by atomic mass is 10.0. The molecule has 3 rings (SSSR count). The van der Waals surface area contributed by atoms with Gasteiger partial charge in [-0.05, 0) is 23.3 Å². The molecule has 26 heavy (non-hydrogen) atoms. The van der Waals surface area contributed by atoms with Crippen molar-refractivity contribution in [2.24, 2.45) is 5.73 Å². The molecule has 4 nitrogen and oxygen atoms in total. The van der Waals surface area contributed by atoms with Gasteiger partial charge in [0.05, 0.1) is 0 Å². The average molecular weight is 351 g/mol. The third-order valence-corrected chi connectivity index (χ3v) is 3.83. The number of nitrogens with two attached hydrogens (primary N) is 1. The van der Waals surface area contributed by atoms with Crippen molar-refractivity contribution in [1.82, 2.24) is 0 Å². The van der Waals surface area contributed by atoms with Gasteiger partial charge in [-0.3, -0.25) is 0 Å². The fraction of sp³-hybridized carbons (Fsp3) is 0.0952. The van der Waals surface area contributed by atoms with E-state index in [0.717, 1.165) is 5.56 Å². The maximum absolute atomic E-state index is 14.5. The molecule has 0 aromatic heterocycles. The zero-order valence-corrected chi connectivity index (χ0v) is 14.0. The van der Waals surface area contributed by atoms with Crippen LogP contribution in [0, 0.1) is 5.82 Å². The van der Waals surface area contributed by atoms with E-state index in [4.69, 9.17) is 15.2 Å². The standard InChI is InChI=1S/C21H18FNO3/c22-18-13-17(20(26-21(23)24)16-9-5-2-6-10-16)11-12-19(18)25-14-15-7-3-1-4-8-15/h1-13,20H,14H2,(H2,23,24). The number of hydrogen-bond donors (Lipinski definition) is 1. The van der Waals surface area contributed by atoms with Crippen LogP contribution in [0.4, 0.5) is 9.18 Å². The lowest BCUT2D eigenvalue weighted by Crippen LogP contribution is -2.18. The van der Waals surface area contributed by atoms with Gasteiger partial charge < -0.3 is 15.2 Å². The molecule has 0 fully saturated rings. The van der Waals surface area contributed by atoms with Gasteiger partial charge in [0.2, 0.25) is 0 Å². The number of carbonyl (C=O) groups excluding carboxylic acids is 1. The predicted molar refractivity (Wildman–Crippen MR) is 96.1 cm³/mol. The van der Waals surface area contributed by atoms with Gasteiger partial charge >= 0.3 is 6.09 Å². The predicted octanol–water partition coefficient (Wildman–Crippen LogP) is 4.59. The molecular weight excluding hydrogens is 333 g/mol. The smallest absolute Gasteiger partial charge is 0.405 e. The second kappa shape index (κ2) is 8.16. The second-order valence-corrected chi connectivity index (χ2v) is 5.69. The summed E-state index contributed by atoms with van der Waals surface area (Å²) in [5.41, 5.74) is 7.28. The molecule has 0 spiro atoms. The Labute approximate surface area is 151 Å². The Morgan fingerprint density at radius 3 is 2.19 bits per heavy atom. The number of primary amides is 1. The second-order valence-electron chi connectivity index (χ2n) is 5.69. The van der Waals surface area contributed by atoms with Gasteiger partial charge in [0.1, 0.15) is 6.61 Å².